The Morgan fingerprint density at radius 3 is 2.33 bits per heavy atom. The van der Waals surface area contributed by atoms with Crippen molar-refractivity contribution in [3.63, 3.8) is 0 Å². The van der Waals surface area contributed by atoms with Gasteiger partial charge in [-0.15, -0.1) is 0 Å². The molecule has 1 fully saturated rings. The summed E-state index contributed by atoms with van der Waals surface area (Å²) in [6.07, 6.45) is -3.33. The standard InChI is InChI=1S/C10H9F3O2/c1-6(14)9(4-5-9)7-2-3-8(15-7)10(11,12)13/h2-3H,4-5H2,1H3. The van der Waals surface area contributed by atoms with Gasteiger partial charge in [0, 0.05) is 0 Å². The highest BCUT2D eigenvalue weighted by Gasteiger charge is 2.52. The second kappa shape index (κ2) is 2.87. The molecule has 0 N–H and O–H groups in total. The summed E-state index contributed by atoms with van der Waals surface area (Å²) in [6, 6.07) is 2.12. The van der Waals surface area contributed by atoms with Crippen LogP contribution in [0.4, 0.5) is 13.2 Å². The molecular formula is C10H9F3O2. The molecule has 82 valence electrons. The average molecular weight is 218 g/mol. The van der Waals surface area contributed by atoms with Crippen molar-refractivity contribution in [2.24, 2.45) is 0 Å². The molecule has 0 unspecified atom stereocenters. The zero-order chi connectivity index (χ0) is 11.3. The number of hydrogen-bond donors (Lipinski definition) is 0. The first kappa shape index (κ1) is 10.3. The number of carbonyl (C=O) groups is 1. The van der Waals surface area contributed by atoms with Gasteiger partial charge in [-0.1, -0.05) is 0 Å². The summed E-state index contributed by atoms with van der Waals surface area (Å²) in [5.41, 5.74) is -0.774. The third-order valence-corrected chi connectivity index (χ3v) is 2.78. The molecule has 0 atom stereocenters. The van der Waals surface area contributed by atoms with Crippen LogP contribution in [-0.2, 0) is 16.4 Å². The number of hydrogen-bond acceptors (Lipinski definition) is 2. The summed E-state index contributed by atoms with van der Waals surface area (Å²) < 4.78 is 41.4. The number of halogens is 3. The second-order valence-corrected chi connectivity index (χ2v) is 3.80. The van der Waals surface area contributed by atoms with Gasteiger partial charge in [0.15, 0.2) is 0 Å². The first-order valence-corrected chi connectivity index (χ1v) is 4.55. The molecule has 2 nitrogen and oxygen atoms in total. The number of carbonyl (C=O) groups excluding carboxylic acids is 1. The quantitative estimate of drug-likeness (QED) is 0.763. The van der Waals surface area contributed by atoms with Crippen molar-refractivity contribution in [3.8, 4) is 0 Å². The lowest BCUT2D eigenvalue weighted by Crippen LogP contribution is -2.16. The normalized spacial score (nSPS) is 18.9. The van der Waals surface area contributed by atoms with E-state index in [4.69, 9.17) is 4.42 Å². The molecule has 0 spiro atoms. The number of rotatable bonds is 2. The van der Waals surface area contributed by atoms with Crippen molar-refractivity contribution >= 4 is 5.78 Å². The van der Waals surface area contributed by atoms with Crippen molar-refractivity contribution in [1.82, 2.24) is 0 Å². The number of ketones is 1. The van der Waals surface area contributed by atoms with Gasteiger partial charge in [0.1, 0.15) is 11.5 Å². The average Bonchev–Trinajstić information content (AvgIpc) is 2.75. The van der Waals surface area contributed by atoms with Gasteiger partial charge in [-0.2, -0.15) is 13.2 Å². The van der Waals surface area contributed by atoms with Gasteiger partial charge in [0.2, 0.25) is 5.76 Å². The van der Waals surface area contributed by atoms with Gasteiger partial charge in [0.05, 0.1) is 5.41 Å². The van der Waals surface area contributed by atoms with Crippen molar-refractivity contribution in [3.05, 3.63) is 23.7 Å². The Morgan fingerprint density at radius 2 is 2.00 bits per heavy atom. The Labute approximate surface area is 84.1 Å². The fraction of sp³-hybridized carbons (Fsp3) is 0.500. The number of Topliss-reactive ketones (excluding diaryl/α,β-unsaturated/α-hetero) is 1. The highest BCUT2D eigenvalue weighted by atomic mass is 19.4. The molecule has 2 rings (SSSR count). The summed E-state index contributed by atoms with van der Waals surface area (Å²) >= 11 is 0. The van der Waals surface area contributed by atoms with Gasteiger partial charge >= 0.3 is 6.18 Å². The monoisotopic (exact) mass is 218 g/mol. The van der Waals surface area contributed by atoms with Crippen molar-refractivity contribution < 1.29 is 22.4 Å². The second-order valence-electron chi connectivity index (χ2n) is 3.80. The molecule has 0 bridgehead atoms. The van der Waals surface area contributed by atoms with E-state index in [1.54, 1.807) is 0 Å². The van der Waals surface area contributed by atoms with Crippen LogP contribution in [0.15, 0.2) is 16.5 Å². The molecule has 15 heavy (non-hydrogen) atoms. The minimum Gasteiger partial charge on any atom is -0.455 e. The predicted octanol–water partition coefficient (Wildman–Crippen LogP) is 2.92. The van der Waals surface area contributed by atoms with E-state index in [2.05, 4.69) is 0 Å². The molecule has 1 aliphatic carbocycles. The molecule has 0 aromatic carbocycles. The lowest BCUT2D eigenvalue weighted by molar-refractivity contribution is -0.153. The van der Waals surface area contributed by atoms with E-state index in [0.717, 1.165) is 6.07 Å². The Kier molecular flexibility index (Phi) is 1.96. The van der Waals surface area contributed by atoms with Crippen molar-refractivity contribution in [1.29, 1.82) is 0 Å². The summed E-state index contributed by atoms with van der Waals surface area (Å²) in [5.74, 6) is -1.03. The van der Waals surface area contributed by atoms with Crippen LogP contribution in [0.5, 0.6) is 0 Å². The van der Waals surface area contributed by atoms with E-state index in [1.165, 1.54) is 13.0 Å². The predicted molar refractivity (Wildman–Crippen MR) is 45.3 cm³/mol. The Bertz CT molecular complexity index is 399. The Hall–Kier alpha value is -1.26. The molecule has 1 aromatic rings. The van der Waals surface area contributed by atoms with E-state index >= 15 is 0 Å². The lowest BCUT2D eigenvalue weighted by Gasteiger charge is -2.07. The summed E-state index contributed by atoms with van der Waals surface area (Å²) in [6.45, 7) is 1.38. The lowest BCUT2D eigenvalue weighted by atomic mass is 9.99. The zero-order valence-electron chi connectivity index (χ0n) is 8.02. The topological polar surface area (TPSA) is 30.2 Å². The maximum absolute atomic E-state index is 12.2. The van der Waals surface area contributed by atoms with Crippen LogP contribution < -0.4 is 0 Å². The SMILES string of the molecule is CC(=O)C1(c2ccc(C(F)(F)F)o2)CC1. The molecule has 5 heteroatoms. The minimum absolute atomic E-state index is 0.134. The van der Waals surface area contributed by atoms with Gasteiger partial charge in [-0.05, 0) is 31.9 Å². The van der Waals surface area contributed by atoms with E-state index in [9.17, 15) is 18.0 Å². The largest absolute Gasteiger partial charge is 0.455 e. The molecule has 0 amide bonds. The molecular weight excluding hydrogens is 209 g/mol. The molecule has 1 aliphatic rings. The molecule has 0 radical (unpaired) electrons. The highest BCUT2D eigenvalue weighted by Crippen LogP contribution is 2.50. The van der Waals surface area contributed by atoms with Gasteiger partial charge in [-0.3, -0.25) is 4.79 Å². The van der Waals surface area contributed by atoms with Crippen molar-refractivity contribution in [2.45, 2.75) is 31.4 Å². The molecule has 1 heterocycles. The highest BCUT2D eigenvalue weighted by molar-refractivity contribution is 5.90. The van der Waals surface area contributed by atoms with Crippen LogP contribution in [0.25, 0.3) is 0 Å². The summed E-state index contributed by atoms with van der Waals surface area (Å²) in [7, 11) is 0. The third-order valence-electron chi connectivity index (χ3n) is 2.78. The Morgan fingerprint density at radius 1 is 1.40 bits per heavy atom. The Balaban J connectivity index is 2.33. The number of furan rings is 1. The summed E-state index contributed by atoms with van der Waals surface area (Å²) in [4.78, 5) is 11.2. The minimum atomic E-state index is -4.48. The van der Waals surface area contributed by atoms with E-state index in [0.29, 0.717) is 12.8 Å². The van der Waals surface area contributed by atoms with E-state index < -0.39 is 17.4 Å². The third kappa shape index (κ3) is 1.56. The van der Waals surface area contributed by atoms with Crippen LogP contribution in [0.2, 0.25) is 0 Å². The van der Waals surface area contributed by atoms with Gasteiger partial charge in [0.25, 0.3) is 0 Å². The fourth-order valence-electron chi connectivity index (χ4n) is 1.64. The molecule has 0 saturated heterocycles. The van der Waals surface area contributed by atoms with Crippen LogP contribution >= 0.6 is 0 Å². The van der Waals surface area contributed by atoms with Crippen molar-refractivity contribution in [2.75, 3.05) is 0 Å². The number of alkyl halides is 3. The van der Waals surface area contributed by atoms with Crippen LogP contribution in [0.3, 0.4) is 0 Å². The smallest absolute Gasteiger partial charge is 0.449 e. The van der Waals surface area contributed by atoms with Crippen LogP contribution in [0, 0.1) is 0 Å². The first-order chi connectivity index (χ1) is 6.86. The van der Waals surface area contributed by atoms with Gasteiger partial charge < -0.3 is 4.42 Å². The van der Waals surface area contributed by atoms with Gasteiger partial charge in [-0.25, -0.2) is 0 Å². The van der Waals surface area contributed by atoms with Crippen LogP contribution in [-0.4, -0.2) is 5.78 Å². The molecule has 1 saturated carbocycles. The van der Waals surface area contributed by atoms with Crippen LogP contribution in [0.1, 0.15) is 31.3 Å². The fourth-order valence-corrected chi connectivity index (χ4v) is 1.64. The van der Waals surface area contributed by atoms with E-state index in [1.807, 2.05) is 0 Å². The first-order valence-electron chi connectivity index (χ1n) is 4.55. The maximum Gasteiger partial charge on any atom is 0.449 e. The molecule has 1 aromatic heterocycles. The maximum atomic E-state index is 12.2. The van der Waals surface area contributed by atoms with E-state index in [-0.39, 0.29) is 11.5 Å². The zero-order valence-corrected chi connectivity index (χ0v) is 8.02. The molecule has 0 aliphatic heterocycles. The summed E-state index contributed by atoms with van der Waals surface area (Å²) in [5, 5.41) is 0.